The van der Waals surface area contributed by atoms with Gasteiger partial charge in [-0.3, -0.25) is 0 Å². The third-order valence-corrected chi connectivity index (χ3v) is 5.10. The van der Waals surface area contributed by atoms with Crippen molar-refractivity contribution in [1.82, 2.24) is 4.31 Å². The summed E-state index contributed by atoms with van der Waals surface area (Å²) in [7, 11) is -2.94. The lowest BCUT2D eigenvalue weighted by Gasteiger charge is -2.18. The standard InChI is InChI=1S/C9H17NO3S/c11-9-3-2-8(6-9)7-10-4-1-5-14(10,12)13/h8-9,11H,1-7H2. The summed E-state index contributed by atoms with van der Waals surface area (Å²) in [6, 6.07) is 0. The second-order valence-electron chi connectivity index (χ2n) is 4.36. The van der Waals surface area contributed by atoms with Crippen molar-refractivity contribution in [2.24, 2.45) is 5.92 Å². The number of aliphatic hydroxyl groups excluding tert-OH is 1. The van der Waals surface area contributed by atoms with Crippen LogP contribution in [0.4, 0.5) is 0 Å². The highest BCUT2D eigenvalue weighted by Crippen LogP contribution is 2.28. The van der Waals surface area contributed by atoms with Crippen LogP contribution in [0.5, 0.6) is 0 Å². The van der Waals surface area contributed by atoms with E-state index in [2.05, 4.69) is 0 Å². The van der Waals surface area contributed by atoms with Crippen LogP contribution in [0.1, 0.15) is 25.7 Å². The minimum atomic E-state index is -2.94. The fraction of sp³-hybridized carbons (Fsp3) is 1.00. The van der Waals surface area contributed by atoms with Crippen molar-refractivity contribution in [3.05, 3.63) is 0 Å². The van der Waals surface area contributed by atoms with Crippen LogP contribution >= 0.6 is 0 Å². The predicted octanol–water partition coefficient (Wildman–Crippen LogP) is 0.183. The highest BCUT2D eigenvalue weighted by Gasteiger charge is 2.32. The molecule has 0 aromatic rings. The van der Waals surface area contributed by atoms with E-state index >= 15 is 0 Å². The molecule has 0 aromatic carbocycles. The van der Waals surface area contributed by atoms with Crippen molar-refractivity contribution >= 4 is 10.0 Å². The lowest BCUT2D eigenvalue weighted by Crippen LogP contribution is -2.30. The van der Waals surface area contributed by atoms with E-state index in [4.69, 9.17) is 0 Å². The Kier molecular flexibility index (Phi) is 2.81. The molecule has 14 heavy (non-hydrogen) atoms. The Morgan fingerprint density at radius 1 is 1.36 bits per heavy atom. The number of aliphatic hydroxyl groups is 1. The monoisotopic (exact) mass is 219 g/mol. The quantitative estimate of drug-likeness (QED) is 0.721. The third-order valence-electron chi connectivity index (χ3n) is 3.18. The van der Waals surface area contributed by atoms with Crippen molar-refractivity contribution in [1.29, 1.82) is 0 Å². The molecule has 0 radical (unpaired) electrons. The first-order valence-corrected chi connectivity index (χ1v) is 6.85. The molecule has 2 rings (SSSR count). The molecule has 82 valence electrons. The number of rotatable bonds is 2. The zero-order chi connectivity index (χ0) is 10.2. The van der Waals surface area contributed by atoms with Crippen LogP contribution in [0.25, 0.3) is 0 Å². The van der Waals surface area contributed by atoms with Crippen molar-refractivity contribution in [2.45, 2.75) is 31.8 Å². The molecule has 1 aliphatic carbocycles. The van der Waals surface area contributed by atoms with Crippen molar-refractivity contribution in [3.63, 3.8) is 0 Å². The van der Waals surface area contributed by atoms with Gasteiger partial charge in [0, 0.05) is 13.1 Å². The van der Waals surface area contributed by atoms with Gasteiger partial charge >= 0.3 is 0 Å². The molecule has 0 amide bonds. The molecule has 2 unspecified atom stereocenters. The zero-order valence-corrected chi connectivity index (χ0v) is 9.04. The van der Waals surface area contributed by atoms with Gasteiger partial charge in [-0.15, -0.1) is 0 Å². The normalized spacial score (nSPS) is 37.8. The summed E-state index contributed by atoms with van der Waals surface area (Å²) in [5.74, 6) is 0.681. The van der Waals surface area contributed by atoms with Gasteiger partial charge in [0.05, 0.1) is 11.9 Å². The molecule has 2 fully saturated rings. The molecule has 1 heterocycles. The Labute approximate surface area is 85.0 Å². The summed E-state index contributed by atoms with van der Waals surface area (Å²) in [5.41, 5.74) is 0. The molecular formula is C9H17NO3S. The van der Waals surface area contributed by atoms with Gasteiger partial charge in [0.1, 0.15) is 0 Å². The molecule has 1 saturated carbocycles. The van der Waals surface area contributed by atoms with E-state index in [1.165, 1.54) is 0 Å². The van der Waals surface area contributed by atoms with E-state index in [1.54, 1.807) is 4.31 Å². The molecule has 2 atom stereocenters. The van der Waals surface area contributed by atoms with Crippen LogP contribution < -0.4 is 0 Å². The highest BCUT2D eigenvalue weighted by atomic mass is 32.2. The summed E-state index contributed by atoms with van der Waals surface area (Å²) >= 11 is 0. The fourth-order valence-electron chi connectivity index (χ4n) is 2.40. The van der Waals surface area contributed by atoms with Gasteiger partial charge in [-0.05, 0) is 31.6 Å². The van der Waals surface area contributed by atoms with Gasteiger partial charge in [-0.1, -0.05) is 0 Å². The minimum absolute atomic E-state index is 0.203. The lowest BCUT2D eigenvalue weighted by atomic mass is 10.1. The molecule has 5 heteroatoms. The third kappa shape index (κ3) is 2.10. The maximum absolute atomic E-state index is 11.5. The zero-order valence-electron chi connectivity index (χ0n) is 8.22. The Morgan fingerprint density at radius 2 is 2.14 bits per heavy atom. The molecule has 0 aromatic heterocycles. The first kappa shape index (κ1) is 10.4. The van der Waals surface area contributed by atoms with Gasteiger partial charge in [0.25, 0.3) is 0 Å². The first-order chi connectivity index (χ1) is 6.58. The topological polar surface area (TPSA) is 57.6 Å². The van der Waals surface area contributed by atoms with E-state index in [9.17, 15) is 13.5 Å². The second kappa shape index (κ2) is 3.79. The van der Waals surface area contributed by atoms with Gasteiger partial charge < -0.3 is 5.11 Å². The van der Waals surface area contributed by atoms with Crippen molar-refractivity contribution in [2.75, 3.05) is 18.8 Å². The highest BCUT2D eigenvalue weighted by molar-refractivity contribution is 7.89. The summed E-state index contributed by atoms with van der Waals surface area (Å²) in [6.45, 7) is 1.30. The van der Waals surface area contributed by atoms with Crippen molar-refractivity contribution in [3.8, 4) is 0 Å². The lowest BCUT2D eigenvalue weighted by molar-refractivity contribution is 0.175. The van der Waals surface area contributed by atoms with Crippen molar-refractivity contribution < 1.29 is 13.5 Å². The predicted molar refractivity (Wildman–Crippen MR) is 53.3 cm³/mol. The van der Waals surface area contributed by atoms with E-state index in [0.717, 1.165) is 25.7 Å². The van der Waals surface area contributed by atoms with Crippen LogP contribution in [-0.2, 0) is 10.0 Å². The van der Waals surface area contributed by atoms with E-state index < -0.39 is 10.0 Å². The Bertz CT molecular complexity index is 301. The average Bonchev–Trinajstić information content (AvgIpc) is 2.61. The number of sulfonamides is 1. The first-order valence-electron chi connectivity index (χ1n) is 5.24. The van der Waals surface area contributed by atoms with Gasteiger partial charge in [0.2, 0.25) is 10.0 Å². The Balaban J connectivity index is 1.92. The summed E-state index contributed by atoms with van der Waals surface area (Å²) < 4.78 is 24.6. The van der Waals surface area contributed by atoms with Crippen LogP contribution in [-0.4, -0.2) is 42.8 Å². The number of hydrogen-bond acceptors (Lipinski definition) is 3. The van der Waals surface area contributed by atoms with E-state index in [0.29, 0.717) is 24.8 Å². The molecule has 0 spiro atoms. The van der Waals surface area contributed by atoms with Gasteiger partial charge in [0.15, 0.2) is 0 Å². The number of hydrogen-bond donors (Lipinski definition) is 1. The smallest absolute Gasteiger partial charge is 0.214 e. The fourth-order valence-corrected chi connectivity index (χ4v) is 4.00. The largest absolute Gasteiger partial charge is 0.393 e. The second-order valence-corrected chi connectivity index (χ2v) is 6.45. The molecular weight excluding hydrogens is 202 g/mol. The number of nitrogens with zero attached hydrogens (tertiary/aromatic N) is 1. The average molecular weight is 219 g/mol. The molecule has 1 saturated heterocycles. The Morgan fingerprint density at radius 3 is 2.64 bits per heavy atom. The van der Waals surface area contributed by atoms with Gasteiger partial charge in [-0.2, -0.15) is 0 Å². The van der Waals surface area contributed by atoms with Crippen LogP contribution in [0.3, 0.4) is 0 Å². The maximum Gasteiger partial charge on any atom is 0.214 e. The molecule has 1 N–H and O–H groups in total. The van der Waals surface area contributed by atoms with Crippen LogP contribution in [0.2, 0.25) is 0 Å². The molecule has 0 bridgehead atoms. The summed E-state index contributed by atoms with van der Waals surface area (Å²) in [4.78, 5) is 0. The van der Waals surface area contributed by atoms with Crippen LogP contribution in [0.15, 0.2) is 0 Å². The molecule has 1 aliphatic heterocycles. The minimum Gasteiger partial charge on any atom is -0.393 e. The molecule has 4 nitrogen and oxygen atoms in total. The summed E-state index contributed by atoms with van der Waals surface area (Å²) in [6.07, 6.45) is 3.13. The SMILES string of the molecule is O=S1(=O)CCCN1CC1CCC(O)C1. The molecule has 2 aliphatic rings. The van der Waals surface area contributed by atoms with E-state index in [1.807, 2.05) is 0 Å². The van der Waals surface area contributed by atoms with Crippen LogP contribution in [0, 0.1) is 5.92 Å². The van der Waals surface area contributed by atoms with E-state index in [-0.39, 0.29) is 6.10 Å². The van der Waals surface area contributed by atoms with Gasteiger partial charge in [-0.25, -0.2) is 12.7 Å². The Hall–Kier alpha value is -0.130. The maximum atomic E-state index is 11.5. The summed E-state index contributed by atoms with van der Waals surface area (Å²) in [5, 5.41) is 9.34.